The van der Waals surface area contributed by atoms with Crippen molar-refractivity contribution in [3.63, 3.8) is 0 Å². The number of benzene rings is 1. The minimum Gasteiger partial charge on any atom is -0.445 e. The average Bonchev–Trinajstić information content (AvgIpc) is 2.33. The third-order valence-corrected chi connectivity index (χ3v) is 3.73. The summed E-state index contributed by atoms with van der Waals surface area (Å²) < 4.78 is 6.07. The van der Waals surface area contributed by atoms with Gasteiger partial charge in [0.15, 0.2) is 0 Å². The van der Waals surface area contributed by atoms with Crippen LogP contribution in [0, 0.1) is 0 Å². The van der Waals surface area contributed by atoms with Crippen LogP contribution in [0.3, 0.4) is 0 Å². The van der Waals surface area contributed by atoms with E-state index in [0.717, 1.165) is 4.47 Å². The highest BCUT2D eigenvalue weighted by molar-refractivity contribution is 9.10. The van der Waals surface area contributed by atoms with Crippen molar-refractivity contribution >= 4 is 22.0 Å². The fraction of sp³-hybridized carbons (Fsp3) is 0.357. The molecule has 0 N–H and O–H groups in total. The van der Waals surface area contributed by atoms with Crippen LogP contribution in [0.15, 0.2) is 41.4 Å². The number of carbonyl (C=O) groups excluding carboxylic acids is 1. The van der Waals surface area contributed by atoms with Gasteiger partial charge in [0.1, 0.15) is 6.61 Å². The number of halogens is 1. The van der Waals surface area contributed by atoms with E-state index in [1.165, 1.54) is 5.56 Å². The van der Waals surface area contributed by atoms with E-state index < -0.39 is 0 Å². The third-order valence-electron chi connectivity index (χ3n) is 3.20. The first-order valence-corrected chi connectivity index (χ1v) is 6.63. The Bertz CT molecular complexity index is 449. The van der Waals surface area contributed by atoms with E-state index in [0.29, 0.717) is 13.1 Å². The van der Waals surface area contributed by atoms with Crippen molar-refractivity contribution < 1.29 is 9.53 Å². The number of rotatable bonds is 3. The van der Waals surface area contributed by atoms with Gasteiger partial charge in [-0.2, -0.15) is 0 Å². The summed E-state index contributed by atoms with van der Waals surface area (Å²) in [7, 11) is 0. The quantitative estimate of drug-likeness (QED) is 0.801. The van der Waals surface area contributed by atoms with Gasteiger partial charge in [-0.15, -0.1) is 0 Å². The smallest absolute Gasteiger partial charge is 0.410 e. The molecule has 0 unspecified atom stereocenters. The molecule has 0 saturated carbocycles. The summed E-state index contributed by atoms with van der Waals surface area (Å²) in [5.41, 5.74) is 1.28. The second-order valence-corrected chi connectivity index (χ2v) is 5.70. The minimum atomic E-state index is -0.260. The predicted octanol–water partition coefficient (Wildman–Crippen LogP) is 3.35. The normalized spacial score (nSPS) is 16.9. The van der Waals surface area contributed by atoms with Crippen molar-refractivity contribution in [1.29, 1.82) is 0 Å². The molecule has 1 saturated heterocycles. The molecule has 0 aromatic heterocycles. The number of likely N-dealkylation sites (tertiary alicyclic amines) is 1. The van der Waals surface area contributed by atoms with Gasteiger partial charge in [-0.1, -0.05) is 47.6 Å². The van der Waals surface area contributed by atoms with E-state index in [9.17, 15) is 4.79 Å². The molecule has 1 amide bonds. The largest absolute Gasteiger partial charge is 0.445 e. The number of amides is 1. The zero-order valence-electron chi connectivity index (χ0n) is 10.4. The number of carbonyl (C=O) groups is 1. The zero-order chi connectivity index (χ0) is 13.2. The molecule has 1 heterocycles. The van der Waals surface area contributed by atoms with Crippen LogP contribution in [-0.4, -0.2) is 30.7 Å². The fourth-order valence-electron chi connectivity index (χ4n) is 2.18. The summed E-state index contributed by atoms with van der Waals surface area (Å²) in [5.74, 6) is 0. The van der Waals surface area contributed by atoms with E-state index in [1.54, 1.807) is 11.0 Å². The highest BCUT2D eigenvalue weighted by atomic mass is 79.9. The lowest BCUT2D eigenvalue weighted by Crippen LogP contribution is -2.59. The van der Waals surface area contributed by atoms with Crippen LogP contribution in [-0.2, 0) is 10.2 Å². The van der Waals surface area contributed by atoms with Crippen LogP contribution in [0.5, 0.6) is 0 Å². The molecule has 1 aliphatic rings. The summed E-state index contributed by atoms with van der Waals surface area (Å²) in [6.45, 7) is 7.35. The van der Waals surface area contributed by atoms with Gasteiger partial charge >= 0.3 is 6.09 Å². The highest BCUT2D eigenvalue weighted by Gasteiger charge is 2.43. The molecule has 1 aromatic rings. The van der Waals surface area contributed by atoms with E-state index in [-0.39, 0.29) is 18.1 Å². The Hall–Kier alpha value is -1.29. The van der Waals surface area contributed by atoms with Crippen molar-refractivity contribution in [1.82, 2.24) is 4.90 Å². The summed E-state index contributed by atoms with van der Waals surface area (Å²) >= 11 is 3.42. The Kier molecular flexibility index (Phi) is 3.76. The SMILES string of the molecule is C=CCOC(=O)N1CC(C)(c2ccc(Br)cc2)C1. The molecule has 3 nitrogen and oxygen atoms in total. The topological polar surface area (TPSA) is 29.5 Å². The van der Waals surface area contributed by atoms with Gasteiger partial charge in [-0.05, 0) is 17.7 Å². The standard InChI is InChI=1S/C14H16BrNO2/c1-3-8-18-13(17)16-9-14(2,10-16)11-4-6-12(15)7-5-11/h3-7H,1,8-10H2,2H3. The molecule has 0 aliphatic carbocycles. The second-order valence-electron chi connectivity index (χ2n) is 4.79. The first-order chi connectivity index (χ1) is 8.55. The van der Waals surface area contributed by atoms with Gasteiger partial charge in [0.05, 0.1) is 0 Å². The monoisotopic (exact) mass is 309 g/mol. The van der Waals surface area contributed by atoms with Crippen molar-refractivity contribution in [2.45, 2.75) is 12.3 Å². The van der Waals surface area contributed by atoms with E-state index in [4.69, 9.17) is 4.74 Å². The highest BCUT2D eigenvalue weighted by Crippen LogP contribution is 2.34. The van der Waals surface area contributed by atoms with Gasteiger partial charge in [0.25, 0.3) is 0 Å². The van der Waals surface area contributed by atoms with Crippen molar-refractivity contribution in [3.8, 4) is 0 Å². The molecule has 96 valence electrons. The number of nitrogens with zero attached hydrogens (tertiary/aromatic N) is 1. The van der Waals surface area contributed by atoms with Gasteiger partial charge < -0.3 is 9.64 Å². The maximum atomic E-state index is 11.6. The van der Waals surface area contributed by atoms with Crippen LogP contribution in [0.4, 0.5) is 4.79 Å². The molecule has 0 bridgehead atoms. The zero-order valence-corrected chi connectivity index (χ0v) is 11.9. The molecule has 0 atom stereocenters. The molecule has 0 radical (unpaired) electrons. The lowest BCUT2D eigenvalue weighted by atomic mass is 9.76. The van der Waals surface area contributed by atoms with Crippen LogP contribution in [0.1, 0.15) is 12.5 Å². The summed E-state index contributed by atoms with van der Waals surface area (Å²) in [6.07, 6.45) is 1.32. The molecule has 1 aromatic carbocycles. The Morgan fingerprint density at radius 3 is 2.67 bits per heavy atom. The Morgan fingerprint density at radius 1 is 1.50 bits per heavy atom. The van der Waals surface area contributed by atoms with E-state index >= 15 is 0 Å². The van der Waals surface area contributed by atoms with Crippen LogP contribution in [0.2, 0.25) is 0 Å². The lowest BCUT2D eigenvalue weighted by molar-refractivity contribution is 0.0492. The number of hydrogen-bond donors (Lipinski definition) is 0. The molecule has 1 fully saturated rings. The van der Waals surface area contributed by atoms with Crippen LogP contribution in [0.25, 0.3) is 0 Å². The first-order valence-electron chi connectivity index (χ1n) is 5.84. The van der Waals surface area contributed by atoms with Gasteiger partial charge in [0, 0.05) is 23.0 Å². The van der Waals surface area contributed by atoms with Gasteiger partial charge in [-0.25, -0.2) is 4.79 Å². The van der Waals surface area contributed by atoms with E-state index in [2.05, 4.69) is 41.6 Å². The number of ether oxygens (including phenoxy) is 1. The maximum absolute atomic E-state index is 11.6. The number of hydrogen-bond acceptors (Lipinski definition) is 2. The Labute approximate surface area is 116 Å². The molecular formula is C14H16BrNO2. The van der Waals surface area contributed by atoms with Crippen molar-refractivity contribution in [2.75, 3.05) is 19.7 Å². The molecule has 2 rings (SSSR count). The Balaban J connectivity index is 1.95. The average molecular weight is 310 g/mol. The third kappa shape index (κ3) is 2.58. The Morgan fingerprint density at radius 2 is 2.11 bits per heavy atom. The molecular weight excluding hydrogens is 294 g/mol. The van der Waals surface area contributed by atoms with Crippen molar-refractivity contribution in [3.05, 3.63) is 47.0 Å². The summed E-state index contributed by atoms with van der Waals surface area (Å²) in [4.78, 5) is 13.3. The minimum absolute atomic E-state index is 0.0356. The van der Waals surface area contributed by atoms with Crippen LogP contribution >= 0.6 is 15.9 Å². The van der Waals surface area contributed by atoms with Gasteiger partial charge in [0.2, 0.25) is 0 Å². The maximum Gasteiger partial charge on any atom is 0.410 e. The summed E-state index contributed by atoms with van der Waals surface area (Å²) in [5, 5.41) is 0. The molecule has 18 heavy (non-hydrogen) atoms. The predicted molar refractivity (Wildman–Crippen MR) is 74.6 cm³/mol. The van der Waals surface area contributed by atoms with Gasteiger partial charge in [-0.3, -0.25) is 0 Å². The first kappa shape index (κ1) is 13.1. The molecule has 1 aliphatic heterocycles. The molecule has 0 spiro atoms. The summed E-state index contributed by atoms with van der Waals surface area (Å²) in [6, 6.07) is 8.24. The van der Waals surface area contributed by atoms with Crippen molar-refractivity contribution in [2.24, 2.45) is 0 Å². The van der Waals surface area contributed by atoms with Crippen LogP contribution < -0.4 is 0 Å². The second kappa shape index (κ2) is 5.14. The fourth-order valence-corrected chi connectivity index (χ4v) is 2.45. The lowest BCUT2D eigenvalue weighted by Gasteiger charge is -2.47. The van der Waals surface area contributed by atoms with E-state index in [1.807, 2.05) is 12.1 Å². The molecule has 4 heteroatoms.